The summed E-state index contributed by atoms with van der Waals surface area (Å²) in [6.45, 7) is 2.01. The van der Waals surface area contributed by atoms with Crippen molar-refractivity contribution in [1.29, 1.82) is 0 Å². The first-order valence-corrected chi connectivity index (χ1v) is 5.05. The van der Waals surface area contributed by atoms with E-state index in [1.54, 1.807) is 0 Å². The number of nitrogens with zero attached hydrogens (tertiary/aromatic N) is 1. The molecule has 56 valence electrons. The van der Waals surface area contributed by atoms with Crippen molar-refractivity contribution in [3.63, 3.8) is 0 Å². The third-order valence-corrected chi connectivity index (χ3v) is 2.64. The van der Waals surface area contributed by atoms with E-state index in [4.69, 9.17) is 5.11 Å². The van der Waals surface area contributed by atoms with E-state index in [0.29, 0.717) is 12.5 Å². The van der Waals surface area contributed by atoms with E-state index in [0.717, 1.165) is 15.6 Å². The molecule has 0 spiro atoms. The largest absolute Gasteiger partial charge is 0.376 e. The average Bonchev–Trinajstić information content (AvgIpc) is 1.88. The maximum atomic E-state index is 10.7. The first-order chi connectivity index (χ1) is 4.79. The van der Waals surface area contributed by atoms with Crippen LogP contribution in [0.15, 0.2) is 0 Å². The van der Waals surface area contributed by atoms with Crippen molar-refractivity contribution in [2.45, 2.75) is 25.1 Å². The Morgan fingerprint density at radius 2 is 2.60 bits per heavy atom. The van der Waals surface area contributed by atoms with Crippen molar-refractivity contribution in [1.82, 2.24) is 4.90 Å². The van der Waals surface area contributed by atoms with Crippen LogP contribution in [-0.2, 0) is 4.79 Å². The van der Waals surface area contributed by atoms with Crippen molar-refractivity contribution in [3.8, 4) is 0 Å². The lowest BCUT2D eigenvalue weighted by Crippen LogP contribution is -2.52. The van der Waals surface area contributed by atoms with Gasteiger partial charge in [0.25, 0.3) is 0 Å². The number of aliphatic hydroxyl groups is 1. The minimum Gasteiger partial charge on any atom is -0.376 e. The second kappa shape index (κ2) is 3.16. The Labute approximate surface area is 62.8 Å². The van der Waals surface area contributed by atoms with Gasteiger partial charge in [0.05, 0.1) is 0 Å². The van der Waals surface area contributed by atoms with Gasteiger partial charge < -0.3 is 10.0 Å². The van der Waals surface area contributed by atoms with Crippen LogP contribution in [0.2, 0.25) is 12.6 Å². The smallest absolute Gasteiger partial charge is 0.226 e. The summed E-state index contributed by atoms with van der Waals surface area (Å²) in [4.78, 5) is 12.2. The number of carbonyl (C=O) groups is 1. The van der Waals surface area contributed by atoms with Gasteiger partial charge in [0.1, 0.15) is 6.73 Å². The highest BCUT2D eigenvalue weighted by Crippen LogP contribution is 2.20. The summed E-state index contributed by atoms with van der Waals surface area (Å²) in [6, 6.07) is 1.38. The molecule has 10 heavy (non-hydrogen) atoms. The Balaban J connectivity index is 2.30. The molecular formula is C6H11NO2Si. The molecule has 1 aliphatic rings. The van der Waals surface area contributed by atoms with Gasteiger partial charge >= 0.3 is 0 Å². The molecule has 0 saturated carbocycles. The van der Waals surface area contributed by atoms with Gasteiger partial charge in [-0.2, -0.15) is 0 Å². The highest BCUT2D eigenvalue weighted by Gasteiger charge is 2.33. The van der Waals surface area contributed by atoms with Gasteiger partial charge in [-0.1, -0.05) is 6.55 Å². The molecule has 1 fully saturated rings. The number of aliphatic hydroxyl groups excluding tert-OH is 1. The van der Waals surface area contributed by atoms with Crippen LogP contribution >= 0.6 is 0 Å². The molecule has 1 saturated heterocycles. The molecule has 3 nitrogen and oxygen atoms in total. The van der Waals surface area contributed by atoms with E-state index >= 15 is 0 Å². The number of hydrogen-bond acceptors (Lipinski definition) is 2. The molecule has 1 amide bonds. The van der Waals surface area contributed by atoms with Gasteiger partial charge in [-0.3, -0.25) is 4.79 Å². The van der Waals surface area contributed by atoms with Crippen molar-refractivity contribution >= 4 is 15.4 Å². The van der Waals surface area contributed by atoms with E-state index in [2.05, 4.69) is 6.55 Å². The lowest BCUT2D eigenvalue weighted by Gasteiger charge is -2.38. The standard InChI is InChI=1S/C6H11NO2Si/c1-10-3-5-2-6(9)7(5)4-8/h5,8H,2-4H2,1H3/t5-/m0/s1. The predicted octanol–water partition coefficient (Wildman–Crippen LogP) is -0.292. The van der Waals surface area contributed by atoms with E-state index in [-0.39, 0.29) is 12.6 Å². The minimum absolute atomic E-state index is 0.0887. The van der Waals surface area contributed by atoms with Crippen LogP contribution in [0.25, 0.3) is 0 Å². The van der Waals surface area contributed by atoms with Crippen LogP contribution in [0.5, 0.6) is 0 Å². The van der Waals surface area contributed by atoms with Crippen LogP contribution in [-0.4, -0.2) is 38.2 Å². The highest BCUT2D eigenvalue weighted by atomic mass is 28.2. The molecule has 1 aliphatic heterocycles. The fourth-order valence-corrected chi connectivity index (χ4v) is 1.97. The van der Waals surface area contributed by atoms with Crippen LogP contribution in [0.4, 0.5) is 0 Å². The van der Waals surface area contributed by atoms with Crippen LogP contribution in [0.1, 0.15) is 6.42 Å². The summed E-state index contributed by atoms with van der Waals surface area (Å²) in [7, 11) is 0.870. The predicted molar refractivity (Wildman–Crippen MR) is 38.8 cm³/mol. The number of amides is 1. The van der Waals surface area contributed by atoms with Crippen LogP contribution < -0.4 is 0 Å². The lowest BCUT2D eigenvalue weighted by molar-refractivity contribution is -0.150. The molecule has 0 bridgehead atoms. The first kappa shape index (κ1) is 7.75. The summed E-state index contributed by atoms with van der Waals surface area (Å²) < 4.78 is 0. The van der Waals surface area contributed by atoms with Gasteiger partial charge in [-0.05, 0) is 6.04 Å². The fourth-order valence-electron chi connectivity index (χ4n) is 1.13. The zero-order valence-electron chi connectivity index (χ0n) is 6.00. The Bertz CT molecular complexity index is 140. The third kappa shape index (κ3) is 1.22. The summed E-state index contributed by atoms with van der Waals surface area (Å²) in [5.74, 6) is 0.0887. The monoisotopic (exact) mass is 157 g/mol. The Hall–Kier alpha value is -0.353. The molecule has 0 unspecified atom stereocenters. The summed E-state index contributed by atoms with van der Waals surface area (Å²) in [5, 5.41) is 8.66. The molecule has 1 N–H and O–H groups in total. The molecular weight excluding hydrogens is 146 g/mol. The van der Waals surface area contributed by atoms with E-state index in [9.17, 15) is 4.79 Å². The van der Waals surface area contributed by atoms with Crippen LogP contribution in [0, 0.1) is 0 Å². The summed E-state index contributed by atoms with van der Waals surface area (Å²) in [6.07, 6.45) is 0.640. The van der Waals surface area contributed by atoms with E-state index < -0.39 is 0 Å². The number of β-lactam (4-membered cyclic amide) rings is 1. The molecule has 0 aromatic heterocycles. The van der Waals surface area contributed by atoms with Gasteiger partial charge in [0.2, 0.25) is 5.91 Å². The first-order valence-electron chi connectivity index (χ1n) is 3.34. The maximum Gasteiger partial charge on any atom is 0.226 e. The van der Waals surface area contributed by atoms with Crippen LogP contribution in [0.3, 0.4) is 0 Å². The van der Waals surface area contributed by atoms with E-state index in [1.165, 1.54) is 4.90 Å². The normalized spacial score (nSPS) is 24.8. The highest BCUT2D eigenvalue weighted by molar-refractivity contribution is 6.33. The summed E-state index contributed by atoms with van der Waals surface area (Å²) >= 11 is 0. The van der Waals surface area contributed by atoms with E-state index in [1.807, 2.05) is 0 Å². The quantitative estimate of drug-likeness (QED) is 0.451. The molecule has 2 radical (unpaired) electrons. The van der Waals surface area contributed by atoms with Gasteiger partial charge in [-0.15, -0.1) is 0 Å². The average molecular weight is 157 g/mol. The van der Waals surface area contributed by atoms with Gasteiger partial charge in [0, 0.05) is 22.0 Å². The molecule has 0 aromatic carbocycles. The zero-order chi connectivity index (χ0) is 7.56. The maximum absolute atomic E-state index is 10.7. The SMILES string of the molecule is C[Si]C[C@@H]1CC(=O)N1CO. The third-order valence-electron chi connectivity index (χ3n) is 1.76. The molecule has 1 rings (SSSR count). The summed E-state index contributed by atoms with van der Waals surface area (Å²) in [5.41, 5.74) is 0. The Kier molecular flexibility index (Phi) is 2.45. The number of hydrogen-bond donors (Lipinski definition) is 1. The fraction of sp³-hybridized carbons (Fsp3) is 0.833. The van der Waals surface area contributed by atoms with Crippen molar-refractivity contribution in [2.75, 3.05) is 6.73 Å². The Morgan fingerprint density at radius 3 is 3.00 bits per heavy atom. The second-order valence-electron chi connectivity index (χ2n) is 2.42. The van der Waals surface area contributed by atoms with Crippen molar-refractivity contribution in [3.05, 3.63) is 0 Å². The number of rotatable bonds is 3. The molecule has 1 atom stereocenters. The van der Waals surface area contributed by atoms with Crippen molar-refractivity contribution < 1.29 is 9.90 Å². The van der Waals surface area contributed by atoms with Crippen molar-refractivity contribution in [2.24, 2.45) is 0 Å². The van der Waals surface area contributed by atoms with Gasteiger partial charge in [-0.25, -0.2) is 0 Å². The Morgan fingerprint density at radius 1 is 1.90 bits per heavy atom. The second-order valence-corrected chi connectivity index (χ2v) is 3.54. The molecule has 0 aromatic rings. The van der Waals surface area contributed by atoms with Gasteiger partial charge in [0.15, 0.2) is 0 Å². The molecule has 0 aliphatic carbocycles. The molecule has 1 heterocycles. The lowest BCUT2D eigenvalue weighted by atomic mass is 10.1. The zero-order valence-corrected chi connectivity index (χ0v) is 7.00. The number of carbonyl (C=O) groups excluding carboxylic acids is 1. The number of likely N-dealkylation sites (tertiary alicyclic amines) is 1. The minimum atomic E-state index is -0.103. The molecule has 4 heteroatoms. The topological polar surface area (TPSA) is 40.5 Å².